The summed E-state index contributed by atoms with van der Waals surface area (Å²) in [4.78, 5) is 32.3. The molecule has 3 N–H and O–H groups in total. The Kier molecular flexibility index (Phi) is 5.82. The zero-order valence-electron chi connectivity index (χ0n) is 21.5. The van der Waals surface area contributed by atoms with Crippen LogP contribution in [-0.4, -0.2) is 47.1 Å². The fourth-order valence-corrected chi connectivity index (χ4v) is 5.06. The first-order chi connectivity index (χ1) is 18.9. The fourth-order valence-electron chi connectivity index (χ4n) is 5.06. The summed E-state index contributed by atoms with van der Waals surface area (Å²) in [5.74, 6) is 2.01. The SMILES string of the molecule is COc1cc(OC)cc(-c2nc(NC(=O)c3cccc(N4C(=O)NC5CC4(C)Oc4ccccc45)c3)n[nH]2)c1. The van der Waals surface area contributed by atoms with Gasteiger partial charge in [0.05, 0.1) is 25.9 Å². The van der Waals surface area contributed by atoms with Crippen LogP contribution in [0.15, 0.2) is 66.7 Å². The lowest BCUT2D eigenvalue weighted by molar-refractivity contribution is 0.0378. The van der Waals surface area contributed by atoms with Gasteiger partial charge in [-0.15, -0.1) is 5.10 Å². The van der Waals surface area contributed by atoms with E-state index in [1.54, 1.807) is 61.6 Å². The number of rotatable bonds is 6. The normalized spacial score (nSPS) is 19.4. The molecule has 3 heterocycles. The predicted octanol–water partition coefficient (Wildman–Crippen LogP) is 4.51. The minimum Gasteiger partial charge on any atom is -0.497 e. The number of H-pyrrole nitrogens is 1. The van der Waals surface area contributed by atoms with Gasteiger partial charge >= 0.3 is 6.03 Å². The Hall–Kier alpha value is -5.06. The average molecular weight is 527 g/mol. The summed E-state index contributed by atoms with van der Waals surface area (Å²) in [6.45, 7) is 1.88. The number of benzene rings is 3. The third-order valence-corrected chi connectivity index (χ3v) is 6.88. The number of nitrogens with one attached hydrogen (secondary N) is 3. The smallest absolute Gasteiger partial charge is 0.325 e. The molecule has 0 radical (unpaired) electrons. The number of ether oxygens (including phenoxy) is 3. The number of carbonyl (C=O) groups excluding carboxylic acids is 2. The lowest BCUT2D eigenvalue weighted by Crippen LogP contribution is -2.65. The summed E-state index contributed by atoms with van der Waals surface area (Å²) in [5.41, 5.74) is 1.57. The number of aromatic nitrogens is 3. The van der Waals surface area contributed by atoms with Gasteiger partial charge in [0.25, 0.3) is 5.91 Å². The Morgan fingerprint density at radius 3 is 2.62 bits per heavy atom. The van der Waals surface area contributed by atoms with Crippen LogP contribution in [0.25, 0.3) is 11.4 Å². The molecule has 11 nitrogen and oxygen atoms in total. The number of aromatic amines is 1. The van der Waals surface area contributed by atoms with E-state index in [1.807, 2.05) is 31.2 Å². The van der Waals surface area contributed by atoms with E-state index in [4.69, 9.17) is 14.2 Å². The van der Waals surface area contributed by atoms with Gasteiger partial charge < -0.3 is 19.5 Å². The molecule has 1 aromatic heterocycles. The van der Waals surface area contributed by atoms with Crippen molar-refractivity contribution < 1.29 is 23.8 Å². The van der Waals surface area contributed by atoms with Crippen molar-refractivity contribution in [2.24, 2.45) is 0 Å². The minimum atomic E-state index is -0.924. The third kappa shape index (κ3) is 4.37. The van der Waals surface area contributed by atoms with Gasteiger partial charge in [0.15, 0.2) is 11.5 Å². The highest BCUT2D eigenvalue weighted by Crippen LogP contribution is 2.45. The van der Waals surface area contributed by atoms with Crippen LogP contribution in [0.2, 0.25) is 0 Å². The molecular weight excluding hydrogens is 500 g/mol. The Bertz CT molecular complexity index is 1560. The molecule has 11 heteroatoms. The molecule has 1 fully saturated rings. The summed E-state index contributed by atoms with van der Waals surface area (Å²) >= 11 is 0. The number of fused-ring (bicyclic) bond motifs is 4. The largest absolute Gasteiger partial charge is 0.497 e. The number of urea groups is 1. The molecule has 3 amide bonds. The van der Waals surface area contributed by atoms with Crippen LogP contribution in [0.3, 0.4) is 0 Å². The molecule has 2 aliphatic rings. The van der Waals surface area contributed by atoms with E-state index in [-0.39, 0.29) is 18.0 Å². The number of hydrogen-bond acceptors (Lipinski definition) is 7. The highest BCUT2D eigenvalue weighted by molar-refractivity contribution is 6.05. The maximum Gasteiger partial charge on any atom is 0.325 e. The first-order valence-corrected chi connectivity index (χ1v) is 12.3. The summed E-state index contributed by atoms with van der Waals surface area (Å²) in [6.07, 6.45) is 0.557. The summed E-state index contributed by atoms with van der Waals surface area (Å²) < 4.78 is 17.0. The van der Waals surface area contributed by atoms with Gasteiger partial charge in [0.1, 0.15) is 17.2 Å². The minimum absolute atomic E-state index is 0.0972. The second-order valence-electron chi connectivity index (χ2n) is 9.47. The van der Waals surface area contributed by atoms with E-state index in [2.05, 4.69) is 25.8 Å². The van der Waals surface area contributed by atoms with E-state index in [0.717, 1.165) is 11.3 Å². The first-order valence-electron chi connectivity index (χ1n) is 12.3. The van der Waals surface area contributed by atoms with E-state index >= 15 is 0 Å². The Labute approximate surface area is 224 Å². The number of para-hydroxylation sites is 1. The van der Waals surface area contributed by atoms with Gasteiger partial charge in [-0.3, -0.25) is 20.1 Å². The van der Waals surface area contributed by atoms with Gasteiger partial charge in [0, 0.05) is 29.2 Å². The van der Waals surface area contributed by atoms with Crippen molar-refractivity contribution in [2.75, 3.05) is 24.4 Å². The Morgan fingerprint density at radius 1 is 1.08 bits per heavy atom. The number of carbonyl (C=O) groups is 2. The van der Waals surface area contributed by atoms with Crippen molar-refractivity contribution in [3.05, 3.63) is 77.9 Å². The number of hydrogen-bond donors (Lipinski definition) is 3. The van der Waals surface area contributed by atoms with Gasteiger partial charge in [-0.2, -0.15) is 4.98 Å². The van der Waals surface area contributed by atoms with Crippen LogP contribution in [0, 0.1) is 0 Å². The third-order valence-electron chi connectivity index (χ3n) is 6.88. The molecule has 2 unspecified atom stereocenters. The van der Waals surface area contributed by atoms with Crippen LogP contribution in [-0.2, 0) is 0 Å². The van der Waals surface area contributed by atoms with Gasteiger partial charge in [-0.1, -0.05) is 24.3 Å². The van der Waals surface area contributed by atoms with Gasteiger partial charge in [-0.05, 0) is 43.3 Å². The van der Waals surface area contributed by atoms with Crippen molar-refractivity contribution >= 4 is 23.6 Å². The maximum absolute atomic E-state index is 13.2. The van der Waals surface area contributed by atoms with Crippen molar-refractivity contribution in [3.8, 4) is 28.6 Å². The molecule has 3 aromatic carbocycles. The van der Waals surface area contributed by atoms with Crippen molar-refractivity contribution in [1.82, 2.24) is 20.5 Å². The summed E-state index contributed by atoms with van der Waals surface area (Å²) in [5, 5.41) is 12.7. The standard InChI is InChI=1S/C28H26N6O5/c1-28-15-22(21-9-4-5-10-23(21)39-28)29-27(36)34(28)18-8-6-7-16(11-18)25(35)31-26-30-24(32-33-26)17-12-19(37-2)14-20(13-17)38-3/h4-14,22H,15H2,1-3H3,(H,29,36)(H2,30,31,32,33,35). The predicted molar refractivity (Wildman–Crippen MR) is 143 cm³/mol. The van der Waals surface area contributed by atoms with Crippen LogP contribution in [0.1, 0.15) is 35.3 Å². The molecule has 39 heavy (non-hydrogen) atoms. The maximum atomic E-state index is 13.2. The number of anilines is 2. The molecule has 6 rings (SSSR count). The van der Waals surface area contributed by atoms with E-state index < -0.39 is 11.6 Å². The Balaban J connectivity index is 1.23. The van der Waals surface area contributed by atoms with Gasteiger partial charge in [0.2, 0.25) is 5.95 Å². The zero-order valence-corrected chi connectivity index (χ0v) is 21.5. The molecule has 0 saturated carbocycles. The van der Waals surface area contributed by atoms with Crippen LogP contribution in [0.5, 0.6) is 17.2 Å². The second-order valence-corrected chi connectivity index (χ2v) is 9.47. The fraction of sp³-hybridized carbons (Fsp3) is 0.214. The molecule has 2 aliphatic heterocycles. The van der Waals surface area contributed by atoms with Crippen LogP contribution in [0.4, 0.5) is 16.4 Å². The number of amides is 3. The molecule has 0 spiro atoms. The molecule has 0 aliphatic carbocycles. The lowest BCUT2D eigenvalue weighted by Gasteiger charge is -2.50. The molecule has 198 valence electrons. The monoisotopic (exact) mass is 526 g/mol. The topological polar surface area (TPSA) is 131 Å². The molecule has 2 bridgehead atoms. The number of nitrogens with zero attached hydrogens (tertiary/aromatic N) is 3. The van der Waals surface area contributed by atoms with Crippen molar-refractivity contribution in [3.63, 3.8) is 0 Å². The van der Waals surface area contributed by atoms with Crippen LogP contribution >= 0.6 is 0 Å². The van der Waals surface area contributed by atoms with Crippen LogP contribution < -0.4 is 29.7 Å². The molecule has 4 aromatic rings. The van der Waals surface area contributed by atoms with Crippen molar-refractivity contribution in [2.45, 2.75) is 25.1 Å². The highest BCUT2D eigenvalue weighted by atomic mass is 16.5. The number of methoxy groups -OCH3 is 2. The highest BCUT2D eigenvalue weighted by Gasteiger charge is 2.49. The van der Waals surface area contributed by atoms with E-state index in [9.17, 15) is 9.59 Å². The zero-order chi connectivity index (χ0) is 27.1. The molecule has 1 saturated heterocycles. The summed E-state index contributed by atoms with van der Waals surface area (Å²) in [7, 11) is 3.12. The molecular formula is C28H26N6O5. The summed E-state index contributed by atoms with van der Waals surface area (Å²) in [6, 6.07) is 19.3. The quantitative estimate of drug-likeness (QED) is 0.337. The Morgan fingerprint density at radius 2 is 1.85 bits per heavy atom. The first kappa shape index (κ1) is 24.3. The second kappa shape index (κ2) is 9.35. The van der Waals surface area contributed by atoms with E-state index in [0.29, 0.717) is 40.6 Å². The lowest BCUT2D eigenvalue weighted by atomic mass is 9.90. The molecule has 2 atom stereocenters. The van der Waals surface area contributed by atoms with Gasteiger partial charge in [-0.25, -0.2) is 4.79 Å². The average Bonchev–Trinajstić information content (AvgIpc) is 3.41. The van der Waals surface area contributed by atoms with Crippen molar-refractivity contribution in [1.29, 1.82) is 0 Å². The van der Waals surface area contributed by atoms with E-state index in [1.165, 1.54) is 0 Å².